The minimum atomic E-state index is -4.22. The van der Waals surface area contributed by atoms with E-state index in [0.717, 1.165) is 0 Å². The Hall–Kier alpha value is -3.93. The van der Waals surface area contributed by atoms with Crippen LogP contribution in [0, 0.1) is 0 Å². The Morgan fingerprint density at radius 2 is 1.51 bits per heavy atom. The highest BCUT2D eigenvalue weighted by Crippen LogP contribution is 2.27. The molecule has 0 aromatic heterocycles. The maximum Gasteiger partial charge on any atom is 0.337 e. The average molecular weight is 575 g/mol. The highest BCUT2D eigenvalue weighted by molar-refractivity contribution is 7.89. The lowest BCUT2D eigenvalue weighted by Gasteiger charge is -2.20. The summed E-state index contributed by atoms with van der Waals surface area (Å²) in [4.78, 5) is 37.5. The van der Waals surface area contributed by atoms with E-state index in [2.05, 4.69) is 10.0 Å². The third-order valence-corrected chi connectivity index (χ3v) is 7.22. The molecule has 0 aliphatic rings. The molecular formula is C27H27ClN2O8S. The highest BCUT2D eigenvalue weighted by atomic mass is 35.5. The highest BCUT2D eigenvalue weighted by Gasteiger charge is 2.27. The summed E-state index contributed by atoms with van der Waals surface area (Å²) in [5, 5.41) is 2.68. The van der Waals surface area contributed by atoms with Crippen molar-refractivity contribution in [3.05, 3.63) is 88.4 Å². The van der Waals surface area contributed by atoms with Gasteiger partial charge in [0.15, 0.2) is 0 Å². The smallest absolute Gasteiger partial charge is 0.337 e. The number of halogens is 1. The zero-order valence-electron chi connectivity index (χ0n) is 21.4. The van der Waals surface area contributed by atoms with Gasteiger partial charge in [-0.15, -0.1) is 0 Å². The fourth-order valence-electron chi connectivity index (χ4n) is 3.61. The summed E-state index contributed by atoms with van der Waals surface area (Å²) in [6, 6.07) is 15.3. The molecule has 1 atom stereocenters. The van der Waals surface area contributed by atoms with E-state index in [1.165, 1.54) is 50.6 Å². The van der Waals surface area contributed by atoms with Gasteiger partial charge in [-0.2, -0.15) is 4.72 Å². The molecule has 3 aromatic rings. The maximum absolute atomic E-state index is 13.4. The number of esters is 2. The summed E-state index contributed by atoms with van der Waals surface area (Å²) in [7, 11) is -1.88. The van der Waals surface area contributed by atoms with Crippen molar-refractivity contribution in [1.29, 1.82) is 0 Å². The van der Waals surface area contributed by atoms with Crippen molar-refractivity contribution in [2.24, 2.45) is 0 Å². The second-order valence-corrected chi connectivity index (χ2v) is 10.3. The number of benzene rings is 3. The van der Waals surface area contributed by atoms with Crippen molar-refractivity contribution < 1.29 is 37.0 Å². The first-order chi connectivity index (χ1) is 18.6. The monoisotopic (exact) mass is 574 g/mol. The molecular weight excluding hydrogens is 548 g/mol. The van der Waals surface area contributed by atoms with Gasteiger partial charge < -0.3 is 19.5 Å². The SMILES string of the molecule is CCOc1ccc(S(=O)(=O)NC(Cc2ccccc2)C(=O)Nc2cc(C(=O)OC)cc(C(=O)OC)c2)cc1Cl. The number of rotatable bonds is 11. The van der Waals surface area contributed by atoms with Crippen LogP contribution in [0.1, 0.15) is 33.2 Å². The summed E-state index contributed by atoms with van der Waals surface area (Å²) >= 11 is 6.18. The first-order valence-corrected chi connectivity index (χ1v) is 13.5. The molecule has 0 fully saturated rings. The number of nitrogens with one attached hydrogen (secondary N) is 2. The van der Waals surface area contributed by atoms with Crippen molar-refractivity contribution >= 4 is 45.2 Å². The Balaban J connectivity index is 1.95. The first kappa shape index (κ1) is 29.6. The van der Waals surface area contributed by atoms with E-state index in [1.807, 2.05) is 0 Å². The minimum absolute atomic E-state index is 0.00276. The van der Waals surface area contributed by atoms with Crippen LogP contribution in [0.25, 0.3) is 0 Å². The van der Waals surface area contributed by atoms with Crippen molar-refractivity contribution in [2.75, 3.05) is 26.1 Å². The largest absolute Gasteiger partial charge is 0.492 e. The number of hydrogen-bond acceptors (Lipinski definition) is 8. The minimum Gasteiger partial charge on any atom is -0.492 e. The van der Waals surface area contributed by atoms with Gasteiger partial charge in [0, 0.05) is 5.69 Å². The van der Waals surface area contributed by atoms with Crippen LogP contribution < -0.4 is 14.8 Å². The summed E-state index contributed by atoms with van der Waals surface area (Å²) in [6.07, 6.45) is -0.00276. The number of ether oxygens (including phenoxy) is 3. The molecule has 12 heteroatoms. The van der Waals surface area contributed by atoms with Crippen LogP contribution in [0.4, 0.5) is 5.69 Å². The van der Waals surface area contributed by atoms with Crippen LogP contribution >= 0.6 is 11.6 Å². The number of methoxy groups -OCH3 is 2. The molecule has 206 valence electrons. The predicted molar refractivity (Wildman–Crippen MR) is 145 cm³/mol. The molecule has 2 N–H and O–H groups in total. The molecule has 0 saturated heterocycles. The maximum atomic E-state index is 13.4. The summed E-state index contributed by atoms with van der Waals surface area (Å²) in [5.41, 5.74) is 0.716. The van der Waals surface area contributed by atoms with Crippen molar-refractivity contribution in [3.8, 4) is 5.75 Å². The molecule has 3 rings (SSSR count). The molecule has 0 aliphatic carbocycles. The number of hydrogen-bond donors (Lipinski definition) is 2. The number of amides is 1. The van der Waals surface area contributed by atoms with Crippen LogP contribution in [-0.2, 0) is 30.7 Å². The summed E-state index contributed by atoms with van der Waals surface area (Å²) in [6.45, 7) is 2.11. The topological polar surface area (TPSA) is 137 Å². The van der Waals surface area contributed by atoms with E-state index in [-0.39, 0.29) is 33.2 Å². The van der Waals surface area contributed by atoms with Gasteiger partial charge >= 0.3 is 11.9 Å². The Morgan fingerprint density at radius 1 is 0.897 bits per heavy atom. The third kappa shape index (κ3) is 7.79. The van der Waals surface area contributed by atoms with Crippen LogP contribution in [-0.4, -0.2) is 53.1 Å². The van der Waals surface area contributed by atoms with Gasteiger partial charge in [0.25, 0.3) is 0 Å². The van der Waals surface area contributed by atoms with E-state index in [1.54, 1.807) is 37.3 Å². The van der Waals surface area contributed by atoms with Crippen molar-refractivity contribution in [1.82, 2.24) is 4.72 Å². The second-order valence-electron chi connectivity index (χ2n) is 8.16. The van der Waals surface area contributed by atoms with Gasteiger partial charge in [-0.3, -0.25) is 4.79 Å². The summed E-state index contributed by atoms with van der Waals surface area (Å²) < 4.78 is 43.8. The van der Waals surface area contributed by atoms with E-state index < -0.39 is 33.9 Å². The molecule has 10 nitrogen and oxygen atoms in total. The molecule has 1 amide bonds. The molecule has 0 aliphatic heterocycles. The van der Waals surface area contributed by atoms with Gasteiger partial charge in [0.2, 0.25) is 15.9 Å². The third-order valence-electron chi connectivity index (χ3n) is 5.45. The van der Waals surface area contributed by atoms with Crippen LogP contribution in [0.15, 0.2) is 71.6 Å². The van der Waals surface area contributed by atoms with Gasteiger partial charge in [-0.25, -0.2) is 18.0 Å². The fraction of sp³-hybridized carbons (Fsp3) is 0.222. The average Bonchev–Trinajstić information content (AvgIpc) is 2.93. The van der Waals surface area contributed by atoms with E-state index in [0.29, 0.717) is 17.9 Å². The van der Waals surface area contributed by atoms with Gasteiger partial charge in [-0.1, -0.05) is 41.9 Å². The normalized spacial score (nSPS) is 11.8. The second kappa shape index (κ2) is 13.2. The molecule has 39 heavy (non-hydrogen) atoms. The lowest BCUT2D eigenvalue weighted by atomic mass is 10.1. The van der Waals surface area contributed by atoms with Gasteiger partial charge in [0.1, 0.15) is 11.8 Å². The van der Waals surface area contributed by atoms with Crippen molar-refractivity contribution in [2.45, 2.75) is 24.3 Å². The quantitative estimate of drug-likeness (QED) is 0.330. The molecule has 0 saturated carbocycles. The molecule has 0 bridgehead atoms. The standard InChI is InChI=1S/C27H27ClN2O8S/c1-4-38-24-11-10-21(16-22(24)28)39(34,35)30-23(12-17-8-6-5-7-9-17)25(31)29-20-14-18(26(32)36-2)13-19(15-20)27(33)37-3/h5-11,13-16,23,30H,4,12H2,1-3H3,(H,29,31). The predicted octanol–water partition coefficient (Wildman–Crippen LogP) is 3.84. The van der Waals surface area contributed by atoms with Crippen LogP contribution in [0.5, 0.6) is 5.75 Å². The number of anilines is 1. The van der Waals surface area contributed by atoms with E-state index in [9.17, 15) is 22.8 Å². The Bertz CT molecular complexity index is 1430. The van der Waals surface area contributed by atoms with Gasteiger partial charge in [0.05, 0.1) is 41.9 Å². The molecule has 1 unspecified atom stereocenters. The molecule has 3 aromatic carbocycles. The molecule has 0 radical (unpaired) electrons. The Labute approximate surface area is 231 Å². The number of sulfonamides is 1. The van der Waals surface area contributed by atoms with Gasteiger partial charge in [-0.05, 0) is 55.3 Å². The van der Waals surface area contributed by atoms with E-state index >= 15 is 0 Å². The summed E-state index contributed by atoms with van der Waals surface area (Å²) in [5.74, 6) is -1.91. The lowest BCUT2D eigenvalue weighted by molar-refractivity contribution is -0.117. The fourth-order valence-corrected chi connectivity index (χ4v) is 5.14. The van der Waals surface area contributed by atoms with E-state index in [4.69, 9.17) is 25.8 Å². The Morgan fingerprint density at radius 3 is 2.05 bits per heavy atom. The van der Waals surface area contributed by atoms with Crippen LogP contribution in [0.2, 0.25) is 5.02 Å². The van der Waals surface area contributed by atoms with Crippen molar-refractivity contribution in [3.63, 3.8) is 0 Å². The van der Waals surface area contributed by atoms with Crippen LogP contribution in [0.3, 0.4) is 0 Å². The lowest BCUT2D eigenvalue weighted by Crippen LogP contribution is -2.45. The Kier molecular flexibility index (Phi) is 10.0. The molecule has 0 spiro atoms. The zero-order valence-corrected chi connectivity index (χ0v) is 23.0. The number of carbonyl (C=O) groups is 3. The zero-order chi connectivity index (χ0) is 28.6. The number of carbonyl (C=O) groups excluding carboxylic acids is 3. The molecule has 0 heterocycles. The first-order valence-electron chi connectivity index (χ1n) is 11.7.